The maximum absolute atomic E-state index is 12.6. The summed E-state index contributed by atoms with van der Waals surface area (Å²) in [5.41, 5.74) is 0.418. The summed E-state index contributed by atoms with van der Waals surface area (Å²) in [7, 11) is 0. The Morgan fingerprint density at radius 2 is 1.93 bits per heavy atom. The molecule has 6 aliphatic rings. The van der Waals surface area contributed by atoms with E-state index in [1.54, 1.807) is 6.33 Å². The summed E-state index contributed by atoms with van der Waals surface area (Å²) in [6, 6.07) is 0.484. The lowest BCUT2D eigenvalue weighted by Gasteiger charge is -2.62. The minimum absolute atomic E-state index is 0.173. The van der Waals surface area contributed by atoms with Crippen LogP contribution in [-0.2, 0) is 10.3 Å². The molecule has 1 aromatic rings. The van der Waals surface area contributed by atoms with E-state index in [1.165, 1.54) is 51.4 Å². The molecule has 0 spiro atoms. The number of likely N-dealkylation sites (tertiary alicyclic amines) is 1. The molecule has 1 aromatic heterocycles. The number of nitrogens with one attached hydrogen (secondary N) is 1. The molecule has 3 unspecified atom stereocenters. The highest BCUT2D eigenvalue weighted by Crippen LogP contribution is 2.60. The molecule has 6 nitrogen and oxygen atoms in total. The molecule has 0 radical (unpaired) electrons. The van der Waals surface area contributed by atoms with E-state index >= 15 is 0 Å². The van der Waals surface area contributed by atoms with E-state index in [-0.39, 0.29) is 11.1 Å². The molecule has 1 amide bonds. The number of rotatable bonds is 5. The largest absolute Gasteiger partial charge is 0.342 e. The van der Waals surface area contributed by atoms with Gasteiger partial charge in [-0.2, -0.15) is 5.10 Å². The fourth-order valence-electron chi connectivity index (χ4n) is 7.52. The Kier molecular flexibility index (Phi) is 3.91. The minimum atomic E-state index is 0.173. The van der Waals surface area contributed by atoms with Crippen molar-refractivity contribution in [3.8, 4) is 0 Å². The second kappa shape index (κ2) is 6.28. The lowest BCUT2D eigenvalue weighted by molar-refractivity contribution is -0.130. The molecule has 0 aromatic carbocycles. The third-order valence-corrected chi connectivity index (χ3v) is 8.43. The summed E-state index contributed by atoms with van der Waals surface area (Å²) < 4.78 is 2.19. The quantitative estimate of drug-likeness (QED) is 0.849. The fraction of sp³-hybridized carbons (Fsp3) is 0.864. The van der Waals surface area contributed by atoms with Gasteiger partial charge in [0.15, 0.2) is 0 Å². The first kappa shape index (κ1) is 17.4. The maximum atomic E-state index is 12.6. The molecule has 3 atom stereocenters. The molecule has 1 saturated heterocycles. The van der Waals surface area contributed by atoms with Crippen molar-refractivity contribution in [1.29, 1.82) is 0 Å². The van der Waals surface area contributed by atoms with E-state index < -0.39 is 0 Å². The fourth-order valence-corrected chi connectivity index (χ4v) is 7.52. The van der Waals surface area contributed by atoms with E-state index in [9.17, 15) is 4.79 Å². The molecular weight excluding hydrogens is 350 g/mol. The van der Waals surface area contributed by atoms with Gasteiger partial charge in [-0.3, -0.25) is 4.79 Å². The van der Waals surface area contributed by atoms with Crippen molar-refractivity contribution in [3.05, 3.63) is 12.7 Å². The van der Waals surface area contributed by atoms with Gasteiger partial charge in [0, 0.05) is 31.1 Å². The Balaban J connectivity index is 1.19. The number of hydrogen-bond donors (Lipinski definition) is 1. The molecule has 4 bridgehead atoms. The summed E-state index contributed by atoms with van der Waals surface area (Å²) in [5.74, 6) is 2.81. The monoisotopic (exact) mass is 383 g/mol. The van der Waals surface area contributed by atoms with Gasteiger partial charge < -0.3 is 10.2 Å². The van der Waals surface area contributed by atoms with E-state index in [4.69, 9.17) is 0 Å². The third kappa shape index (κ3) is 2.99. The van der Waals surface area contributed by atoms with Crippen LogP contribution in [0.4, 0.5) is 0 Å². The van der Waals surface area contributed by atoms with Crippen molar-refractivity contribution in [3.63, 3.8) is 0 Å². The van der Waals surface area contributed by atoms with Gasteiger partial charge in [0.2, 0.25) is 5.91 Å². The first-order valence-corrected chi connectivity index (χ1v) is 11.5. The third-order valence-electron chi connectivity index (χ3n) is 8.43. The smallest absolute Gasteiger partial charge is 0.222 e. The van der Waals surface area contributed by atoms with Gasteiger partial charge in [0.05, 0.1) is 5.54 Å². The predicted molar refractivity (Wildman–Crippen MR) is 105 cm³/mol. The molecule has 6 heteroatoms. The number of nitrogens with zero attached hydrogens (tertiary/aromatic N) is 4. The van der Waals surface area contributed by atoms with Crippen LogP contribution < -0.4 is 5.32 Å². The van der Waals surface area contributed by atoms with Gasteiger partial charge in [0.25, 0.3) is 0 Å². The zero-order valence-corrected chi connectivity index (χ0v) is 16.9. The average Bonchev–Trinajstić information content (AvgIpc) is 3.32. The minimum Gasteiger partial charge on any atom is -0.342 e. The van der Waals surface area contributed by atoms with Crippen LogP contribution in [0.25, 0.3) is 0 Å². The van der Waals surface area contributed by atoms with Gasteiger partial charge in [-0.1, -0.05) is 0 Å². The first-order chi connectivity index (χ1) is 13.6. The number of hydrogen-bond acceptors (Lipinski definition) is 4. The van der Waals surface area contributed by atoms with Crippen LogP contribution in [0.1, 0.15) is 70.6 Å². The standard InChI is InChI=1S/C22H33N5O/c28-20-4-3-19(5-6-26(20)12-16-1-2-16)25-21-8-17-7-18(9-21)11-22(10-17,13-21)27-15-23-14-24-27/h14-19,25H,1-13H2. The van der Waals surface area contributed by atoms with Gasteiger partial charge in [-0.05, 0) is 82.0 Å². The Morgan fingerprint density at radius 1 is 1.11 bits per heavy atom. The van der Waals surface area contributed by atoms with Crippen molar-refractivity contribution in [1.82, 2.24) is 25.0 Å². The van der Waals surface area contributed by atoms with Gasteiger partial charge in [-0.25, -0.2) is 9.67 Å². The molecule has 28 heavy (non-hydrogen) atoms. The Labute approximate surface area is 167 Å². The number of aromatic nitrogens is 3. The van der Waals surface area contributed by atoms with Gasteiger partial charge in [-0.15, -0.1) is 0 Å². The van der Waals surface area contributed by atoms with Crippen LogP contribution in [0.15, 0.2) is 12.7 Å². The highest BCUT2D eigenvalue weighted by Gasteiger charge is 2.59. The second-order valence-corrected chi connectivity index (χ2v) is 10.8. The van der Waals surface area contributed by atoms with Crippen LogP contribution in [0.3, 0.4) is 0 Å². The Morgan fingerprint density at radius 3 is 2.64 bits per heavy atom. The highest BCUT2D eigenvalue weighted by molar-refractivity contribution is 5.76. The summed E-state index contributed by atoms with van der Waals surface area (Å²) in [6.07, 6.45) is 16.9. The molecule has 1 N–H and O–H groups in total. The highest BCUT2D eigenvalue weighted by atomic mass is 16.2. The van der Waals surface area contributed by atoms with E-state index in [0.29, 0.717) is 11.9 Å². The molecule has 5 aliphatic carbocycles. The van der Waals surface area contributed by atoms with Crippen molar-refractivity contribution < 1.29 is 4.79 Å². The summed E-state index contributed by atoms with van der Waals surface area (Å²) in [5, 5.41) is 8.74. The van der Waals surface area contributed by atoms with Crippen LogP contribution in [-0.4, -0.2) is 50.2 Å². The molecule has 1 aliphatic heterocycles. The van der Waals surface area contributed by atoms with Crippen LogP contribution >= 0.6 is 0 Å². The number of carbonyl (C=O) groups excluding carboxylic acids is 1. The van der Waals surface area contributed by atoms with Crippen LogP contribution in [0.2, 0.25) is 0 Å². The predicted octanol–water partition coefficient (Wildman–Crippen LogP) is 2.71. The summed E-state index contributed by atoms with van der Waals surface area (Å²) in [6.45, 7) is 1.96. The SMILES string of the molecule is O=C1CCC(NC23CC4CC(C2)CC(n2cncn2)(C4)C3)CCN1CC1CC1. The average molecular weight is 384 g/mol. The number of amides is 1. The van der Waals surface area contributed by atoms with Crippen molar-refractivity contribution >= 4 is 5.91 Å². The second-order valence-electron chi connectivity index (χ2n) is 10.8. The van der Waals surface area contributed by atoms with Crippen molar-refractivity contribution in [2.24, 2.45) is 17.8 Å². The van der Waals surface area contributed by atoms with Crippen molar-refractivity contribution in [2.75, 3.05) is 13.1 Å². The molecule has 7 rings (SSSR count). The summed E-state index contributed by atoms with van der Waals surface area (Å²) in [4.78, 5) is 19.0. The molecule has 2 heterocycles. The van der Waals surface area contributed by atoms with E-state index in [1.807, 2.05) is 6.33 Å². The van der Waals surface area contributed by atoms with Crippen LogP contribution in [0.5, 0.6) is 0 Å². The van der Waals surface area contributed by atoms with Gasteiger partial charge in [0.1, 0.15) is 12.7 Å². The molecule has 5 saturated carbocycles. The molecular formula is C22H33N5O. The normalized spacial score (nSPS) is 42.8. The zero-order chi connectivity index (χ0) is 18.8. The molecule has 6 fully saturated rings. The maximum Gasteiger partial charge on any atom is 0.222 e. The van der Waals surface area contributed by atoms with E-state index in [2.05, 4.69) is 25.0 Å². The molecule has 152 valence electrons. The zero-order valence-electron chi connectivity index (χ0n) is 16.9. The van der Waals surface area contributed by atoms with Crippen molar-refractivity contribution in [2.45, 2.75) is 87.7 Å². The first-order valence-electron chi connectivity index (χ1n) is 11.5. The topological polar surface area (TPSA) is 63.1 Å². The lowest BCUT2D eigenvalue weighted by Crippen LogP contribution is -2.66. The Hall–Kier alpha value is -1.43. The lowest BCUT2D eigenvalue weighted by atomic mass is 9.49. The summed E-state index contributed by atoms with van der Waals surface area (Å²) >= 11 is 0. The van der Waals surface area contributed by atoms with Crippen LogP contribution in [0, 0.1) is 17.8 Å². The number of carbonyl (C=O) groups is 1. The Bertz CT molecular complexity index is 728. The van der Waals surface area contributed by atoms with Gasteiger partial charge >= 0.3 is 0 Å². The van der Waals surface area contributed by atoms with E-state index in [0.717, 1.165) is 50.1 Å².